The van der Waals surface area contributed by atoms with Crippen LogP contribution in [0.1, 0.15) is 42.0 Å². The van der Waals surface area contributed by atoms with Crippen LogP contribution < -0.4 is 5.32 Å². The van der Waals surface area contributed by atoms with E-state index < -0.39 is 0 Å². The van der Waals surface area contributed by atoms with Crippen LogP contribution in [0.15, 0.2) is 30.3 Å². The normalized spacial score (nSPS) is 13.6. The Hall–Kier alpha value is -2.14. The van der Waals surface area contributed by atoms with E-state index in [1.807, 2.05) is 45.0 Å². The first-order valence-electron chi connectivity index (χ1n) is 7.96. The maximum Gasteiger partial charge on any atom is 0.271 e. The van der Waals surface area contributed by atoms with Gasteiger partial charge in [-0.1, -0.05) is 24.6 Å². The molecule has 0 saturated carbocycles. The van der Waals surface area contributed by atoms with E-state index in [0.29, 0.717) is 18.7 Å². The van der Waals surface area contributed by atoms with Gasteiger partial charge in [0, 0.05) is 12.2 Å². The number of nitrogens with one attached hydrogen (secondary N) is 1. The fourth-order valence-corrected chi connectivity index (χ4v) is 2.56. The maximum atomic E-state index is 12.2. The predicted molar refractivity (Wildman–Crippen MR) is 90.8 cm³/mol. The molecule has 0 aliphatic rings. The van der Waals surface area contributed by atoms with Gasteiger partial charge in [0.2, 0.25) is 0 Å². The summed E-state index contributed by atoms with van der Waals surface area (Å²) in [6.07, 6.45) is 0.307. The Morgan fingerprint density at radius 1 is 1.26 bits per heavy atom. The molecular formula is C18H25N3O2. The largest absolute Gasteiger partial charge is 0.393 e. The standard InChI is InChI=1S/C18H25N3O2/c1-12-5-7-16(8-6-12)21-14(3)10-17(20-21)18(23)19-11-13(2)9-15(4)22/h5-8,10,13,15,22H,9,11H2,1-4H3,(H,19,23). The van der Waals surface area contributed by atoms with Crippen molar-refractivity contribution in [3.63, 3.8) is 0 Å². The Kier molecular flexibility index (Phi) is 5.55. The van der Waals surface area contributed by atoms with E-state index >= 15 is 0 Å². The molecule has 1 aromatic heterocycles. The molecule has 2 unspecified atom stereocenters. The van der Waals surface area contributed by atoms with Gasteiger partial charge in [0.1, 0.15) is 0 Å². The topological polar surface area (TPSA) is 67.2 Å². The molecule has 5 heteroatoms. The molecule has 23 heavy (non-hydrogen) atoms. The van der Waals surface area contributed by atoms with Gasteiger partial charge in [-0.2, -0.15) is 5.10 Å². The van der Waals surface area contributed by atoms with Crippen LogP contribution in [0, 0.1) is 19.8 Å². The summed E-state index contributed by atoms with van der Waals surface area (Å²) in [7, 11) is 0. The third-order valence-corrected chi connectivity index (χ3v) is 3.75. The molecule has 0 aliphatic heterocycles. The lowest BCUT2D eigenvalue weighted by Gasteiger charge is -2.13. The van der Waals surface area contributed by atoms with Crippen LogP contribution in [0.3, 0.4) is 0 Å². The summed E-state index contributed by atoms with van der Waals surface area (Å²) >= 11 is 0. The molecule has 0 aliphatic carbocycles. The molecule has 1 aromatic carbocycles. The highest BCUT2D eigenvalue weighted by atomic mass is 16.3. The Labute approximate surface area is 137 Å². The van der Waals surface area contributed by atoms with Crippen molar-refractivity contribution in [2.24, 2.45) is 5.92 Å². The lowest BCUT2D eigenvalue weighted by molar-refractivity contribution is 0.0934. The zero-order chi connectivity index (χ0) is 17.0. The van der Waals surface area contributed by atoms with Crippen molar-refractivity contribution in [3.05, 3.63) is 47.3 Å². The van der Waals surface area contributed by atoms with Gasteiger partial charge in [0.05, 0.1) is 11.8 Å². The highest BCUT2D eigenvalue weighted by Crippen LogP contribution is 2.13. The summed E-state index contributed by atoms with van der Waals surface area (Å²) in [4.78, 5) is 12.2. The molecule has 124 valence electrons. The fraction of sp³-hybridized carbons (Fsp3) is 0.444. The number of hydrogen-bond acceptors (Lipinski definition) is 3. The van der Waals surface area contributed by atoms with Crippen molar-refractivity contribution in [1.29, 1.82) is 0 Å². The minimum absolute atomic E-state index is 0.184. The zero-order valence-electron chi connectivity index (χ0n) is 14.2. The van der Waals surface area contributed by atoms with E-state index in [4.69, 9.17) is 0 Å². The average Bonchev–Trinajstić information content (AvgIpc) is 2.87. The number of benzene rings is 1. The fourth-order valence-electron chi connectivity index (χ4n) is 2.56. The summed E-state index contributed by atoms with van der Waals surface area (Å²) in [5.41, 5.74) is 3.45. The number of nitrogens with zero attached hydrogens (tertiary/aromatic N) is 2. The Bertz CT molecular complexity index is 659. The molecular weight excluding hydrogens is 290 g/mol. The van der Waals surface area contributed by atoms with Gasteiger partial charge in [0.25, 0.3) is 5.91 Å². The maximum absolute atomic E-state index is 12.2. The second kappa shape index (κ2) is 7.42. The number of hydrogen-bond donors (Lipinski definition) is 2. The molecule has 0 radical (unpaired) electrons. The smallest absolute Gasteiger partial charge is 0.271 e. The van der Waals surface area contributed by atoms with Crippen molar-refractivity contribution in [3.8, 4) is 5.69 Å². The van der Waals surface area contributed by atoms with E-state index in [9.17, 15) is 9.90 Å². The second-order valence-electron chi connectivity index (χ2n) is 6.32. The van der Waals surface area contributed by atoms with Gasteiger partial charge in [-0.05, 0) is 51.3 Å². The average molecular weight is 315 g/mol. The first kappa shape index (κ1) is 17.2. The number of carbonyl (C=O) groups excluding carboxylic acids is 1. The number of rotatable bonds is 6. The number of aryl methyl sites for hydroxylation is 2. The van der Waals surface area contributed by atoms with Crippen molar-refractivity contribution >= 4 is 5.91 Å². The molecule has 0 spiro atoms. The number of aliphatic hydroxyl groups excluding tert-OH is 1. The van der Waals surface area contributed by atoms with Crippen molar-refractivity contribution in [2.75, 3.05) is 6.54 Å². The molecule has 0 fully saturated rings. The highest BCUT2D eigenvalue weighted by molar-refractivity contribution is 5.92. The summed E-state index contributed by atoms with van der Waals surface area (Å²) < 4.78 is 1.77. The monoisotopic (exact) mass is 315 g/mol. The second-order valence-corrected chi connectivity index (χ2v) is 6.32. The lowest BCUT2D eigenvalue weighted by atomic mass is 10.0. The van der Waals surface area contributed by atoms with E-state index in [1.54, 1.807) is 17.7 Å². The van der Waals surface area contributed by atoms with Crippen LogP contribution in [0.2, 0.25) is 0 Å². The minimum Gasteiger partial charge on any atom is -0.393 e. The number of aliphatic hydroxyl groups is 1. The van der Waals surface area contributed by atoms with E-state index in [-0.39, 0.29) is 17.9 Å². The summed E-state index contributed by atoms with van der Waals surface area (Å²) in [6, 6.07) is 9.81. The van der Waals surface area contributed by atoms with Crippen LogP contribution in [-0.4, -0.2) is 33.4 Å². The lowest BCUT2D eigenvalue weighted by Crippen LogP contribution is -2.29. The summed E-state index contributed by atoms with van der Waals surface area (Å²) in [5, 5.41) is 16.6. The van der Waals surface area contributed by atoms with Crippen LogP contribution in [-0.2, 0) is 0 Å². The van der Waals surface area contributed by atoms with E-state index in [2.05, 4.69) is 10.4 Å². The van der Waals surface area contributed by atoms with Crippen LogP contribution >= 0.6 is 0 Å². The van der Waals surface area contributed by atoms with Gasteiger partial charge in [0.15, 0.2) is 5.69 Å². The Morgan fingerprint density at radius 3 is 2.52 bits per heavy atom. The third-order valence-electron chi connectivity index (χ3n) is 3.75. The Morgan fingerprint density at radius 2 is 1.91 bits per heavy atom. The first-order valence-corrected chi connectivity index (χ1v) is 7.96. The van der Waals surface area contributed by atoms with Gasteiger partial charge >= 0.3 is 0 Å². The molecule has 2 N–H and O–H groups in total. The van der Waals surface area contributed by atoms with Gasteiger partial charge in [-0.3, -0.25) is 4.79 Å². The quantitative estimate of drug-likeness (QED) is 0.861. The van der Waals surface area contributed by atoms with Crippen molar-refractivity contribution in [1.82, 2.24) is 15.1 Å². The first-order chi connectivity index (χ1) is 10.9. The number of carbonyl (C=O) groups is 1. The van der Waals surface area contributed by atoms with Crippen LogP contribution in [0.25, 0.3) is 5.69 Å². The van der Waals surface area contributed by atoms with Gasteiger partial charge < -0.3 is 10.4 Å². The molecule has 1 heterocycles. The van der Waals surface area contributed by atoms with E-state index in [1.165, 1.54) is 5.56 Å². The summed E-state index contributed by atoms with van der Waals surface area (Å²) in [5.74, 6) is 0.0376. The molecule has 1 amide bonds. The van der Waals surface area contributed by atoms with Crippen molar-refractivity contribution < 1.29 is 9.90 Å². The minimum atomic E-state index is -0.357. The van der Waals surface area contributed by atoms with Gasteiger partial charge in [-0.25, -0.2) is 4.68 Å². The third kappa shape index (κ3) is 4.66. The number of amides is 1. The number of aromatic nitrogens is 2. The zero-order valence-corrected chi connectivity index (χ0v) is 14.2. The molecule has 5 nitrogen and oxygen atoms in total. The van der Waals surface area contributed by atoms with E-state index in [0.717, 1.165) is 11.4 Å². The molecule has 2 rings (SSSR count). The molecule has 2 atom stereocenters. The Balaban J connectivity index is 2.05. The molecule has 0 bridgehead atoms. The molecule has 0 saturated heterocycles. The SMILES string of the molecule is Cc1ccc(-n2nc(C(=O)NCC(C)CC(C)O)cc2C)cc1. The molecule has 2 aromatic rings. The highest BCUT2D eigenvalue weighted by Gasteiger charge is 2.14. The van der Waals surface area contributed by atoms with Crippen molar-refractivity contribution in [2.45, 2.75) is 40.2 Å². The summed E-state index contributed by atoms with van der Waals surface area (Å²) in [6.45, 7) is 8.25. The van der Waals surface area contributed by atoms with Crippen LogP contribution in [0.4, 0.5) is 0 Å². The van der Waals surface area contributed by atoms with Crippen LogP contribution in [0.5, 0.6) is 0 Å². The predicted octanol–water partition coefficient (Wildman–Crippen LogP) is 2.63. The van der Waals surface area contributed by atoms with Gasteiger partial charge in [-0.15, -0.1) is 0 Å².